The van der Waals surface area contributed by atoms with E-state index in [1.165, 1.54) is 0 Å². The maximum absolute atomic E-state index is 11.3. The van der Waals surface area contributed by atoms with Crippen LogP contribution in [-0.4, -0.2) is 30.2 Å². The van der Waals surface area contributed by atoms with Gasteiger partial charge in [0.1, 0.15) is 0 Å². The molecule has 3 N–H and O–H groups in total. The summed E-state index contributed by atoms with van der Waals surface area (Å²) in [7, 11) is 0. The standard InChI is InChI=1S/C13H24N2O3/c1-10(2)6-8-14-13(18)15-9-7-11(3)4-5-12(16)17/h6,11H,4-5,7-9H2,1-3H3,(H,16,17)(H2,14,15,18). The van der Waals surface area contributed by atoms with Gasteiger partial charge in [0.2, 0.25) is 0 Å². The number of hydrogen-bond donors (Lipinski definition) is 3. The quantitative estimate of drug-likeness (QED) is 0.582. The van der Waals surface area contributed by atoms with E-state index >= 15 is 0 Å². The van der Waals surface area contributed by atoms with Crippen molar-refractivity contribution in [3.8, 4) is 0 Å². The third-order valence-electron chi connectivity index (χ3n) is 2.55. The van der Waals surface area contributed by atoms with Gasteiger partial charge >= 0.3 is 12.0 Å². The predicted octanol–water partition coefficient (Wildman–Crippen LogP) is 2.14. The van der Waals surface area contributed by atoms with Crippen LogP contribution in [0.25, 0.3) is 0 Å². The van der Waals surface area contributed by atoms with Crippen LogP contribution in [0.15, 0.2) is 11.6 Å². The number of carboxylic acid groups (broad SMARTS) is 1. The molecule has 0 saturated heterocycles. The molecule has 5 nitrogen and oxygen atoms in total. The number of amides is 2. The Morgan fingerprint density at radius 2 is 1.89 bits per heavy atom. The fourth-order valence-corrected chi connectivity index (χ4v) is 1.36. The molecular weight excluding hydrogens is 232 g/mol. The van der Waals surface area contributed by atoms with Crippen molar-refractivity contribution in [2.24, 2.45) is 5.92 Å². The number of urea groups is 1. The lowest BCUT2D eigenvalue weighted by Gasteiger charge is -2.11. The highest BCUT2D eigenvalue weighted by molar-refractivity contribution is 5.73. The van der Waals surface area contributed by atoms with Gasteiger partial charge in [-0.25, -0.2) is 4.79 Å². The van der Waals surface area contributed by atoms with Crippen LogP contribution in [0.4, 0.5) is 4.79 Å². The van der Waals surface area contributed by atoms with Gasteiger partial charge in [-0.05, 0) is 32.6 Å². The van der Waals surface area contributed by atoms with Gasteiger partial charge < -0.3 is 15.7 Å². The maximum Gasteiger partial charge on any atom is 0.315 e. The summed E-state index contributed by atoms with van der Waals surface area (Å²) < 4.78 is 0. The Balaban J connectivity index is 3.55. The molecule has 0 heterocycles. The highest BCUT2D eigenvalue weighted by atomic mass is 16.4. The van der Waals surface area contributed by atoms with Gasteiger partial charge in [-0.1, -0.05) is 18.6 Å². The third-order valence-corrected chi connectivity index (χ3v) is 2.55. The average Bonchev–Trinajstić information content (AvgIpc) is 2.25. The molecule has 0 aliphatic rings. The highest BCUT2D eigenvalue weighted by Gasteiger charge is 2.06. The number of hydrogen-bond acceptors (Lipinski definition) is 2. The van der Waals surface area contributed by atoms with Crippen molar-refractivity contribution in [2.45, 2.75) is 40.0 Å². The molecule has 0 fully saturated rings. The second-order valence-electron chi connectivity index (χ2n) is 4.74. The van der Waals surface area contributed by atoms with Crippen molar-refractivity contribution in [1.82, 2.24) is 10.6 Å². The first-order valence-corrected chi connectivity index (χ1v) is 6.28. The molecule has 0 aromatic heterocycles. The van der Waals surface area contributed by atoms with E-state index in [1.54, 1.807) is 0 Å². The van der Waals surface area contributed by atoms with E-state index in [1.807, 2.05) is 26.8 Å². The van der Waals surface area contributed by atoms with E-state index in [4.69, 9.17) is 5.11 Å². The van der Waals surface area contributed by atoms with E-state index in [2.05, 4.69) is 10.6 Å². The Morgan fingerprint density at radius 1 is 1.22 bits per heavy atom. The van der Waals surface area contributed by atoms with Crippen LogP contribution >= 0.6 is 0 Å². The molecule has 0 aromatic carbocycles. The zero-order valence-corrected chi connectivity index (χ0v) is 11.5. The van der Waals surface area contributed by atoms with E-state index in [0.717, 1.165) is 12.0 Å². The minimum Gasteiger partial charge on any atom is -0.481 e. The normalized spacial score (nSPS) is 11.5. The summed E-state index contributed by atoms with van der Waals surface area (Å²) in [6.07, 6.45) is 3.57. The number of allylic oxidation sites excluding steroid dienone is 1. The number of carboxylic acids is 1. The predicted molar refractivity (Wildman–Crippen MR) is 71.5 cm³/mol. The molecule has 1 unspecified atom stereocenters. The van der Waals surface area contributed by atoms with Crippen molar-refractivity contribution in [2.75, 3.05) is 13.1 Å². The monoisotopic (exact) mass is 256 g/mol. The zero-order chi connectivity index (χ0) is 14.0. The fourth-order valence-electron chi connectivity index (χ4n) is 1.36. The Morgan fingerprint density at radius 3 is 2.44 bits per heavy atom. The third kappa shape index (κ3) is 11.0. The van der Waals surface area contributed by atoms with Gasteiger partial charge in [0, 0.05) is 19.5 Å². The molecule has 0 aliphatic carbocycles. The van der Waals surface area contributed by atoms with Crippen LogP contribution in [-0.2, 0) is 4.79 Å². The fraction of sp³-hybridized carbons (Fsp3) is 0.692. The summed E-state index contributed by atoms with van der Waals surface area (Å²) in [4.78, 5) is 21.7. The first kappa shape index (κ1) is 16.5. The molecule has 0 bridgehead atoms. The molecule has 18 heavy (non-hydrogen) atoms. The molecular formula is C13H24N2O3. The van der Waals surface area contributed by atoms with Crippen LogP contribution in [0, 0.1) is 5.92 Å². The maximum atomic E-state index is 11.3. The first-order valence-electron chi connectivity index (χ1n) is 6.28. The summed E-state index contributed by atoms with van der Waals surface area (Å²) in [6, 6.07) is -0.182. The topological polar surface area (TPSA) is 78.4 Å². The lowest BCUT2D eigenvalue weighted by molar-refractivity contribution is -0.137. The number of nitrogens with one attached hydrogen (secondary N) is 2. The van der Waals surface area contributed by atoms with Gasteiger partial charge in [-0.3, -0.25) is 4.79 Å². The Bertz CT molecular complexity index is 297. The van der Waals surface area contributed by atoms with Crippen LogP contribution in [0.2, 0.25) is 0 Å². The average molecular weight is 256 g/mol. The largest absolute Gasteiger partial charge is 0.481 e. The van der Waals surface area contributed by atoms with E-state index < -0.39 is 5.97 Å². The molecule has 5 heteroatoms. The summed E-state index contributed by atoms with van der Waals surface area (Å²) in [5.41, 5.74) is 1.16. The van der Waals surface area contributed by atoms with E-state index in [9.17, 15) is 9.59 Å². The summed E-state index contributed by atoms with van der Waals surface area (Å²) in [6.45, 7) is 7.04. The number of carbonyl (C=O) groups excluding carboxylic acids is 1. The van der Waals surface area contributed by atoms with Crippen LogP contribution < -0.4 is 10.6 Å². The lowest BCUT2D eigenvalue weighted by atomic mass is 10.0. The molecule has 0 aliphatic heterocycles. The molecule has 104 valence electrons. The van der Waals surface area contributed by atoms with Gasteiger partial charge in [0.25, 0.3) is 0 Å². The molecule has 1 atom stereocenters. The second kappa shape index (κ2) is 9.50. The molecule has 0 spiro atoms. The SMILES string of the molecule is CC(C)=CCNC(=O)NCCC(C)CCC(=O)O. The van der Waals surface area contributed by atoms with Gasteiger partial charge in [0.15, 0.2) is 0 Å². The highest BCUT2D eigenvalue weighted by Crippen LogP contribution is 2.08. The minimum absolute atomic E-state index is 0.182. The Hall–Kier alpha value is -1.52. The summed E-state index contributed by atoms with van der Waals surface area (Å²) in [5, 5.41) is 14.0. The van der Waals surface area contributed by atoms with Gasteiger partial charge in [-0.2, -0.15) is 0 Å². The molecule has 0 aromatic rings. The van der Waals surface area contributed by atoms with Crippen LogP contribution in [0.1, 0.15) is 40.0 Å². The Labute approximate surface area is 109 Å². The first-order chi connectivity index (χ1) is 8.41. The molecule has 0 saturated carbocycles. The van der Waals surface area contributed by atoms with Crippen molar-refractivity contribution in [3.05, 3.63) is 11.6 Å². The van der Waals surface area contributed by atoms with Crippen molar-refractivity contribution < 1.29 is 14.7 Å². The van der Waals surface area contributed by atoms with Crippen molar-refractivity contribution in [1.29, 1.82) is 0 Å². The number of rotatable bonds is 8. The van der Waals surface area contributed by atoms with Gasteiger partial charge in [0.05, 0.1) is 0 Å². The minimum atomic E-state index is -0.769. The molecule has 2 amide bonds. The number of carbonyl (C=O) groups is 2. The van der Waals surface area contributed by atoms with Crippen LogP contribution in [0.3, 0.4) is 0 Å². The smallest absolute Gasteiger partial charge is 0.315 e. The summed E-state index contributed by atoms with van der Waals surface area (Å²) in [5.74, 6) is -0.464. The van der Waals surface area contributed by atoms with E-state index in [0.29, 0.717) is 25.4 Å². The second-order valence-corrected chi connectivity index (χ2v) is 4.74. The van der Waals surface area contributed by atoms with Crippen LogP contribution in [0.5, 0.6) is 0 Å². The van der Waals surface area contributed by atoms with Gasteiger partial charge in [-0.15, -0.1) is 0 Å². The number of aliphatic carboxylic acids is 1. The van der Waals surface area contributed by atoms with E-state index in [-0.39, 0.29) is 12.5 Å². The van der Waals surface area contributed by atoms with Crippen molar-refractivity contribution >= 4 is 12.0 Å². The zero-order valence-electron chi connectivity index (χ0n) is 11.5. The molecule has 0 rings (SSSR count). The summed E-state index contributed by atoms with van der Waals surface area (Å²) >= 11 is 0. The Kier molecular flexibility index (Phi) is 8.70. The molecule has 0 radical (unpaired) electrons. The lowest BCUT2D eigenvalue weighted by Crippen LogP contribution is -2.36. The van der Waals surface area contributed by atoms with Crippen molar-refractivity contribution in [3.63, 3.8) is 0 Å².